The van der Waals surface area contributed by atoms with Crippen LogP contribution in [0.3, 0.4) is 0 Å². The normalized spacial score (nSPS) is 39.8. The van der Waals surface area contributed by atoms with E-state index in [0.29, 0.717) is 47.7 Å². The van der Waals surface area contributed by atoms with E-state index in [4.69, 9.17) is 4.74 Å². The summed E-state index contributed by atoms with van der Waals surface area (Å²) < 4.78 is 5.74. The van der Waals surface area contributed by atoms with Crippen molar-refractivity contribution in [1.82, 2.24) is 0 Å². The van der Waals surface area contributed by atoms with E-state index in [2.05, 4.69) is 53.7 Å². The molecule has 3 aliphatic carbocycles. The number of ketones is 1. The third-order valence-electron chi connectivity index (χ3n) is 9.60. The monoisotopic (exact) mass is 424 g/mol. The second kappa shape index (κ2) is 8.05. The summed E-state index contributed by atoms with van der Waals surface area (Å²) in [6, 6.07) is 0. The van der Waals surface area contributed by atoms with Crippen LogP contribution >= 0.6 is 0 Å². The smallest absolute Gasteiger partial charge is 0.335 e. The molecule has 0 unspecified atom stereocenters. The van der Waals surface area contributed by atoms with Crippen LogP contribution in [0.5, 0.6) is 0 Å². The number of fused-ring (bicyclic) bond motifs is 5. The Morgan fingerprint density at radius 1 is 0.968 bits per heavy atom. The van der Waals surface area contributed by atoms with Gasteiger partial charge in [0.2, 0.25) is 0 Å². The Kier molecular flexibility index (Phi) is 5.85. The number of carbonyl (C=O) groups excluding carboxylic acids is 2. The molecule has 2 fully saturated rings. The number of rotatable bonds is 4. The first-order chi connectivity index (χ1) is 14.6. The number of hydrogen-bond donors (Lipinski definition) is 0. The van der Waals surface area contributed by atoms with Crippen LogP contribution in [0.25, 0.3) is 0 Å². The van der Waals surface area contributed by atoms with Crippen LogP contribution < -0.4 is 0 Å². The molecule has 3 nitrogen and oxygen atoms in total. The molecule has 4 aliphatic rings. The highest BCUT2D eigenvalue weighted by Gasteiger charge is 2.57. The van der Waals surface area contributed by atoms with Crippen molar-refractivity contribution in [3.8, 4) is 0 Å². The van der Waals surface area contributed by atoms with E-state index >= 15 is 0 Å². The predicted octanol–water partition coefficient (Wildman–Crippen LogP) is 6.65. The summed E-state index contributed by atoms with van der Waals surface area (Å²) in [4.78, 5) is 24.8. The molecular weight excluding hydrogens is 384 g/mol. The van der Waals surface area contributed by atoms with Gasteiger partial charge in [0.05, 0.1) is 0 Å². The molecule has 0 aromatic rings. The maximum absolute atomic E-state index is 12.7. The Balaban J connectivity index is 1.63. The van der Waals surface area contributed by atoms with Crippen molar-refractivity contribution in [2.75, 3.05) is 0 Å². The average molecular weight is 425 g/mol. The minimum absolute atomic E-state index is 0.0848. The molecule has 0 aromatic heterocycles. The molecule has 1 aliphatic heterocycles. The largest absolute Gasteiger partial charge is 0.427 e. The van der Waals surface area contributed by atoms with E-state index in [1.165, 1.54) is 18.4 Å². The first-order valence-corrected chi connectivity index (χ1v) is 12.4. The van der Waals surface area contributed by atoms with Crippen molar-refractivity contribution in [2.45, 2.75) is 80.1 Å². The third-order valence-corrected chi connectivity index (χ3v) is 9.60. The zero-order valence-electron chi connectivity index (χ0n) is 20.2. The van der Waals surface area contributed by atoms with E-state index in [9.17, 15) is 9.59 Å². The highest BCUT2D eigenvalue weighted by molar-refractivity contribution is 5.93. The first-order valence-electron chi connectivity index (χ1n) is 12.4. The number of hydrogen-bond acceptors (Lipinski definition) is 3. The molecule has 1 heterocycles. The lowest BCUT2D eigenvalue weighted by atomic mass is 9.53. The van der Waals surface area contributed by atoms with E-state index in [-0.39, 0.29) is 22.6 Å². The van der Waals surface area contributed by atoms with Gasteiger partial charge < -0.3 is 4.74 Å². The molecule has 3 heteroatoms. The minimum atomic E-state index is -0.281. The van der Waals surface area contributed by atoms with E-state index in [1.807, 2.05) is 6.08 Å². The van der Waals surface area contributed by atoms with Gasteiger partial charge in [0.15, 0.2) is 5.78 Å². The molecule has 0 bridgehead atoms. The fourth-order valence-electron chi connectivity index (χ4n) is 7.15. The Bertz CT molecular complexity index is 846. The van der Waals surface area contributed by atoms with Crippen molar-refractivity contribution < 1.29 is 14.3 Å². The highest BCUT2D eigenvalue weighted by atomic mass is 16.5. The van der Waals surface area contributed by atoms with Gasteiger partial charge in [-0.3, -0.25) is 4.79 Å². The maximum Gasteiger partial charge on any atom is 0.335 e. The summed E-state index contributed by atoms with van der Waals surface area (Å²) in [5.74, 6) is 3.62. The minimum Gasteiger partial charge on any atom is -0.427 e. The molecule has 31 heavy (non-hydrogen) atoms. The van der Waals surface area contributed by atoms with Crippen LogP contribution in [0, 0.1) is 46.3 Å². The van der Waals surface area contributed by atoms with Crippen molar-refractivity contribution in [2.24, 2.45) is 46.3 Å². The van der Waals surface area contributed by atoms with E-state index in [0.717, 1.165) is 19.3 Å². The topological polar surface area (TPSA) is 43.4 Å². The molecule has 2 saturated carbocycles. The number of carbonyl (C=O) groups is 2. The SMILES string of the molecule is CC(C)[C@@H](C)/C=C/[C@@H](C)[C@H]1CC[C@H]2C3=CC(=O)OC4=CC(=O)CC[C@]4(C)[C@H]3CC[C@]12C. The molecular formula is C28H40O3. The van der Waals surface area contributed by atoms with Crippen LogP contribution in [0.4, 0.5) is 0 Å². The van der Waals surface area contributed by atoms with Crippen LogP contribution in [0.1, 0.15) is 80.1 Å². The molecule has 0 aromatic carbocycles. The van der Waals surface area contributed by atoms with Crippen molar-refractivity contribution in [1.29, 1.82) is 0 Å². The van der Waals surface area contributed by atoms with Gasteiger partial charge in [0.1, 0.15) is 5.76 Å². The van der Waals surface area contributed by atoms with Crippen LogP contribution in [-0.4, -0.2) is 11.8 Å². The van der Waals surface area contributed by atoms with Crippen LogP contribution in [-0.2, 0) is 14.3 Å². The van der Waals surface area contributed by atoms with Gasteiger partial charge in [0.25, 0.3) is 0 Å². The summed E-state index contributed by atoms with van der Waals surface area (Å²) in [6.07, 6.45) is 14.3. The fraction of sp³-hybridized carbons (Fsp3) is 0.714. The molecule has 0 saturated heterocycles. The molecule has 0 amide bonds. The van der Waals surface area contributed by atoms with Crippen molar-refractivity contribution >= 4 is 11.8 Å². The lowest BCUT2D eigenvalue weighted by Gasteiger charge is -2.51. The fourth-order valence-corrected chi connectivity index (χ4v) is 7.15. The van der Waals surface area contributed by atoms with Crippen molar-refractivity contribution in [3.05, 3.63) is 35.6 Å². The standard InChI is InChI=1S/C28H40O3/c1-17(2)18(3)7-8-19(4)22-9-10-23-21-16-26(30)31-25-15-20(29)11-13-28(25,6)24(21)12-14-27(22,23)5/h7-8,15-19,22-24H,9-14H2,1-6H3/b8-7+/t18-,19+,22+,23-,24-,27+,28+/m0/s1. The average Bonchev–Trinajstić information content (AvgIpc) is 3.01. The summed E-state index contributed by atoms with van der Waals surface area (Å²) >= 11 is 0. The maximum atomic E-state index is 12.7. The van der Waals surface area contributed by atoms with Crippen LogP contribution in [0.15, 0.2) is 35.6 Å². The summed E-state index contributed by atoms with van der Waals surface area (Å²) in [5, 5.41) is 0. The lowest BCUT2D eigenvalue weighted by molar-refractivity contribution is -0.136. The molecule has 0 spiro atoms. The molecule has 4 rings (SSSR count). The molecule has 7 atom stereocenters. The summed E-state index contributed by atoms with van der Waals surface area (Å²) in [7, 11) is 0. The lowest BCUT2D eigenvalue weighted by Crippen LogP contribution is -2.44. The molecule has 0 radical (unpaired) electrons. The Morgan fingerprint density at radius 3 is 2.42 bits per heavy atom. The van der Waals surface area contributed by atoms with Gasteiger partial charge in [-0.25, -0.2) is 4.79 Å². The van der Waals surface area contributed by atoms with Gasteiger partial charge in [-0.05, 0) is 73.0 Å². The number of allylic oxidation sites excluding steroid dienone is 5. The summed E-state index contributed by atoms with van der Waals surface area (Å²) in [6.45, 7) is 14.0. The Labute approximate surface area is 188 Å². The number of ether oxygens (including phenoxy) is 1. The summed E-state index contributed by atoms with van der Waals surface area (Å²) in [5.41, 5.74) is 1.31. The van der Waals surface area contributed by atoms with E-state index < -0.39 is 0 Å². The zero-order valence-corrected chi connectivity index (χ0v) is 20.2. The van der Waals surface area contributed by atoms with Gasteiger partial charge in [-0.2, -0.15) is 0 Å². The van der Waals surface area contributed by atoms with Gasteiger partial charge in [0, 0.05) is 24.0 Å². The second-order valence-corrected chi connectivity index (χ2v) is 11.6. The van der Waals surface area contributed by atoms with Gasteiger partial charge in [-0.1, -0.05) is 59.3 Å². The molecule has 0 N–H and O–H groups in total. The van der Waals surface area contributed by atoms with Gasteiger partial charge in [-0.15, -0.1) is 0 Å². The predicted molar refractivity (Wildman–Crippen MR) is 124 cm³/mol. The quantitative estimate of drug-likeness (QED) is 0.375. The second-order valence-electron chi connectivity index (χ2n) is 11.6. The Hall–Kier alpha value is -1.64. The van der Waals surface area contributed by atoms with Crippen LogP contribution in [0.2, 0.25) is 0 Å². The third kappa shape index (κ3) is 3.76. The van der Waals surface area contributed by atoms with Crippen molar-refractivity contribution in [3.63, 3.8) is 0 Å². The van der Waals surface area contributed by atoms with Gasteiger partial charge >= 0.3 is 5.97 Å². The van der Waals surface area contributed by atoms with E-state index in [1.54, 1.807) is 6.08 Å². The highest BCUT2D eigenvalue weighted by Crippen LogP contribution is 2.65. The number of esters is 1. The zero-order chi connectivity index (χ0) is 22.6. The Morgan fingerprint density at radius 2 is 1.71 bits per heavy atom. The molecule has 170 valence electrons. The first kappa shape index (κ1) is 22.6.